The van der Waals surface area contributed by atoms with Crippen molar-refractivity contribution in [2.24, 2.45) is 0 Å². The second-order valence-electron chi connectivity index (χ2n) is 4.68. The monoisotopic (exact) mass is 228 g/mol. The number of nitrogens with one attached hydrogen (secondary N) is 1. The molecular formula is C13H28N2O. The molecule has 0 aromatic heterocycles. The van der Waals surface area contributed by atoms with E-state index in [0.29, 0.717) is 0 Å². The van der Waals surface area contributed by atoms with Gasteiger partial charge in [-0.15, -0.1) is 0 Å². The van der Waals surface area contributed by atoms with Crippen molar-refractivity contribution in [3.8, 4) is 0 Å². The van der Waals surface area contributed by atoms with Gasteiger partial charge in [0.1, 0.15) is 0 Å². The van der Waals surface area contributed by atoms with Gasteiger partial charge in [0, 0.05) is 25.7 Å². The third kappa shape index (κ3) is 4.04. The van der Waals surface area contributed by atoms with Crippen LogP contribution in [0.3, 0.4) is 0 Å². The molecule has 1 aliphatic heterocycles. The lowest BCUT2D eigenvalue weighted by atomic mass is 10.0. The average molecular weight is 228 g/mol. The lowest BCUT2D eigenvalue weighted by molar-refractivity contribution is 0.0660. The maximum atomic E-state index is 5.25. The Balaban J connectivity index is 2.52. The predicted molar refractivity (Wildman–Crippen MR) is 68.8 cm³/mol. The number of nitrogens with zero attached hydrogens (tertiary/aromatic N) is 1. The van der Waals surface area contributed by atoms with Crippen molar-refractivity contribution >= 4 is 0 Å². The Bertz CT molecular complexity index is 165. The molecule has 16 heavy (non-hydrogen) atoms. The first-order chi connectivity index (χ1) is 7.83. The van der Waals surface area contributed by atoms with Crippen LogP contribution in [-0.4, -0.2) is 50.3 Å². The molecule has 1 heterocycles. The largest absolute Gasteiger partial charge is 0.383 e. The maximum Gasteiger partial charge on any atom is 0.0589 e. The summed E-state index contributed by atoms with van der Waals surface area (Å²) in [5, 5.41) is 3.44. The maximum absolute atomic E-state index is 5.25. The van der Waals surface area contributed by atoms with Crippen molar-refractivity contribution in [1.82, 2.24) is 10.2 Å². The van der Waals surface area contributed by atoms with Gasteiger partial charge < -0.3 is 10.1 Å². The van der Waals surface area contributed by atoms with Gasteiger partial charge in [0.05, 0.1) is 6.61 Å². The molecule has 0 radical (unpaired) electrons. The number of ether oxygens (including phenoxy) is 1. The number of piperidine rings is 1. The van der Waals surface area contributed by atoms with Crippen LogP contribution >= 0.6 is 0 Å². The highest BCUT2D eigenvalue weighted by Gasteiger charge is 2.25. The van der Waals surface area contributed by atoms with Crippen LogP contribution < -0.4 is 5.32 Å². The number of rotatable bonds is 7. The summed E-state index contributed by atoms with van der Waals surface area (Å²) in [6.45, 7) is 8.90. The highest BCUT2D eigenvalue weighted by atomic mass is 16.5. The number of hydrogen-bond donors (Lipinski definition) is 1. The van der Waals surface area contributed by atoms with Crippen molar-refractivity contribution in [2.45, 2.75) is 51.6 Å². The normalized spacial score (nSPS) is 18.6. The van der Waals surface area contributed by atoms with Gasteiger partial charge in [-0.2, -0.15) is 0 Å². The van der Waals surface area contributed by atoms with Crippen LogP contribution in [0.15, 0.2) is 0 Å². The minimum Gasteiger partial charge on any atom is -0.383 e. The standard InChI is InChI=1S/C13H28N2O/c1-4-12(5-2)15(10-11-16-3)13-6-8-14-9-7-13/h12-14H,4-11H2,1-3H3. The fraction of sp³-hybridized carbons (Fsp3) is 1.00. The molecule has 0 spiro atoms. The summed E-state index contributed by atoms with van der Waals surface area (Å²) in [4.78, 5) is 2.68. The Kier molecular flexibility index (Phi) is 7.01. The van der Waals surface area contributed by atoms with E-state index < -0.39 is 0 Å². The van der Waals surface area contributed by atoms with E-state index in [4.69, 9.17) is 4.74 Å². The van der Waals surface area contributed by atoms with Crippen LogP contribution in [0.1, 0.15) is 39.5 Å². The summed E-state index contributed by atoms with van der Waals surface area (Å²) < 4.78 is 5.25. The van der Waals surface area contributed by atoms with Gasteiger partial charge >= 0.3 is 0 Å². The van der Waals surface area contributed by atoms with Gasteiger partial charge in [0.25, 0.3) is 0 Å². The summed E-state index contributed by atoms with van der Waals surface area (Å²) >= 11 is 0. The minimum atomic E-state index is 0.734. The van der Waals surface area contributed by atoms with Gasteiger partial charge in [-0.3, -0.25) is 4.90 Å². The van der Waals surface area contributed by atoms with Crippen LogP contribution in [0.5, 0.6) is 0 Å². The van der Waals surface area contributed by atoms with E-state index in [9.17, 15) is 0 Å². The van der Waals surface area contributed by atoms with Gasteiger partial charge in [-0.25, -0.2) is 0 Å². The fourth-order valence-corrected chi connectivity index (χ4v) is 2.76. The molecule has 1 N–H and O–H groups in total. The molecule has 1 fully saturated rings. The molecule has 0 atom stereocenters. The molecule has 0 aromatic carbocycles. The molecule has 96 valence electrons. The first-order valence-corrected chi connectivity index (χ1v) is 6.78. The Morgan fingerprint density at radius 2 is 1.88 bits per heavy atom. The molecule has 3 nitrogen and oxygen atoms in total. The zero-order valence-electron chi connectivity index (χ0n) is 11.2. The van der Waals surface area contributed by atoms with E-state index in [1.54, 1.807) is 7.11 Å². The zero-order valence-corrected chi connectivity index (χ0v) is 11.2. The summed E-state index contributed by atoms with van der Waals surface area (Å²) in [7, 11) is 1.80. The van der Waals surface area contributed by atoms with Crippen molar-refractivity contribution in [1.29, 1.82) is 0 Å². The molecule has 0 aliphatic carbocycles. The average Bonchev–Trinajstić information content (AvgIpc) is 2.35. The molecule has 1 aliphatic rings. The molecule has 3 heteroatoms. The highest BCUT2D eigenvalue weighted by Crippen LogP contribution is 2.18. The van der Waals surface area contributed by atoms with Gasteiger partial charge in [0.2, 0.25) is 0 Å². The first-order valence-electron chi connectivity index (χ1n) is 6.78. The second kappa shape index (κ2) is 8.04. The quantitative estimate of drug-likeness (QED) is 0.720. The Morgan fingerprint density at radius 3 is 2.38 bits per heavy atom. The highest BCUT2D eigenvalue weighted by molar-refractivity contribution is 4.82. The second-order valence-corrected chi connectivity index (χ2v) is 4.68. The molecule has 0 unspecified atom stereocenters. The fourth-order valence-electron chi connectivity index (χ4n) is 2.76. The van der Waals surface area contributed by atoms with Crippen molar-refractivity contribution in [3.05, 3.63) is 0 Å². The molecule has 1 rings (SSSR count). The van der Waals surface area contributed by atoms with E-state index in [2.05, 4.69) is 24.1 Å². The lowest BCUT2D eigenvalue weighted by Gasteiger charge is -2.39. The number of methoxy groups -OCH3 is 1. The molecular weight excluding hydrogens is 200 g/mol. The minimum absolute atomic E-state index is 0.734. The third-order valence-electron chi connectivity index (χ3n) is 3.74. The molecule has 0 saturated carbocycles. The van der Waals surface area contributed by atoms with Crippen LogP contribution in [0, 0.1) is 0 Å². The third-order valence-corrected chi connectivity index (χ3v) is 3.74. The van der Waals surface area contributed by atoms with Gasteiger partial charge in [0.15, 0.2) is 0 Å². The summed E-state index contributed by atoms with van der Waals surface area (Å²) in [5.41, 5.74) is 0. The summed E-state index contributed by atoms with van der Waals surface area (Å²) in [5.74, 6) is 0. The number of hydrogen-bond acceptors (Lipinski definition) is 3. The van der Waals surface area contributed by atoms with E-state index in [1.165, 1.54) is 38.8 Å². The van der Waals surface area contributed by atoms with Crippen LogP contribution in [0.4, 0.5) is 0 Å². The first kappa shape index (κ1) is 13.9. The smallest absolute Gasteiger partial charge is 0.0589 e. The van der Waals surface area contributed by atoms with E-state index in [0.717, 1.165) is 25.2 Å². The van der Waals surface area contributed by atoms with E-state index in [-0.39, 0.29) is 0 Å². The predicted octanol–water partition coefficient (Wildman–Crippen LogP) is 1.88. The molecule has 1 saturated heterocycles. The zero-order chi connectivity index (χ0) is 11.8. The summed E-state index contributed by atoms with van der Waals surface area (Å²) in [6.07, 6.45) is 5.09. The molecule has 0 amide bonds. The van der Waals surface area contributed by atoms with E-state index in [1.807, 2.05) is 0 Å². The molecule has 0 aromatic rings. The van der Waals surface area contributed by atoms with Crippen molar-refractivity contribution in [3.63, 3.8) is 0 Å². The van der Waals surface area contributed by atoms with Crippen molar-refractivity contribution in [2.75, 3.05) is 33.4 Å². The van der Waals surface area contributed by atoms with Gasteiger partial charge in [-0.05, 0) is 38.8 Å². The Morgan fingerprint density at radius 1 is 1.25 bits per heavy atom. The topological polar surface area (TPSA) is 24.5 Å². The van der Waals surface area contributed by atoms with Crippen LogP contribution in [0.2, 0.25) is 0 Å². The summed E-state index contributed by atoms with van der Waals surface area (Å²) in [6, 6.07) is 1.50. The van der Waals surface area contributed by atoms with Crippen molar-refractivity contribution < 1.29 is 4.74 Å². The lowest BCUT2D eigenvalue weighted by Crippen LogP contribution is -2.49. The van der Waals surface area contributed by atoms with Crippen LogP contribution in [-0.2, 0) is 4.74 Å². The van der Waals surface area contributed by atoms with Crippen LogP contribution in [0.25, 0.3) is 0 Å². The Labute approximate surface area is 101 Å². The van der Waals surface area contributed by atoms with Gasteiger partial charge in [-0.1, -0.05) is 13.8 Å². The Hall–Kier alpha value is -0.120. The molecule has 0 bridgehead atoms. The SMILES string of the molecule is CCC(CC)N(CCOC)C1CCNCC1. The van der Waals surface area contributed by atoms with E-state index >= 15 is 0 Å².